The van der Waals surface area contributed by atoms with E-state index in [-0.39, 0.29) is 0 Å². The van der Waals surface area contributed by atoms with Crippen LogP contribution in [0.25, 0.3) is 23.1 Å². The smallest absolute Gasteiger partial charge is 0.268 e. The Morgan fingerprint density at radius 2 is 1.88 bits per heavy atom. The topological polar surface area (TPSA) is 114 Å². The summed E-state index contributed by atoms with van der Waals surface area (Å²) in [4.78, 5) is 37.5. The highest BCUT2D eigenvalue weighted by atomic mass is 19.3. The van der Waals surface area contributed by atoms with Crippen LogP contribution in [0.4, 0.5) is 14.6 Å². The monoisotopic (exact) mass is 559 g/mol. The number of pyridine rings is 2. The van der Waals surface area contributed by atoms with Gasteiger partial charge in [-0.15, -0.1) is 0 Å². The number of amides is 2. The number of carbonyl (C=O) groups excluding carboxylic acids is 2. The van der Waals surface area contributed by atoms with E-state index in [1.54, 1.807) is 18.3 Å². The van der Waals surface area contributed by atoms with Crippen LogP contribution >= 0.6 is 0 Å². The van der Waals surface area contributed by atoms with Crippen molar-refractivity contribution in [1.82, 2.24) is 25.1 Å². The van der Waals surface area contributed by atoms with Gasteiger partial charge in [-0.2, -0.15) is 5.26 Å². The highest BCUT2D eigenvalue weighted by Gasteiger charge is 2.47. The number of piperidine rings is 1. The highest BCUT2D eigenvalue weighted by molar-refractivity contribution is 6.07. The Morgan fingerprint density at radius 1 is 1.12 bits per heavy atom. The Balaban J connectivity index is 1.23. The van der Waals surface area contributed by atoms with E-state index in [9.17, 15) is 18.4 Å². The molecule has 9 nitrogen and oxygen atoms in total. The number of hydrogen-bond donors (Lipinski definition) is 2. The predicted octanol–water partition coefficient (Wildman–Crippen LogP) is 3.80. The van der Waals surface area contributed by atoms with E-state index in [0.29, 0.717) is 22.5 Å². The molecule has 2 aliphatic heterocycles. The Labute approximate surface area is 236 Å². The van der Waals surface area contributed by atoms with Crippen molar-refractivity contribution in [3.63, 3.8) is 0 Å². The van der Waals surface area contributed by atoms with E-state index in [1.165, 1.54) is 12.3 Å². The number of alkyl halides is 2. The number of hydrogen-bond acceptors (Lipinski definition) is 7. The van der Waals surface area contributed by atoms with Crippen molar-refractivity contribution >= 4 is 40.7 Å². The van der Waals surface area contributed by atoms with Gasteiger partial charge in [0.2, 0.25) is 5.91 Å². The summed E-state index contributed by atoms with van der Waals surface area (Å²) in [5.74, 6) is -3.54. The summed E-state index contributed by atoms with van der Waals surface area (Å²) in [5.41, 5.74) is 2.65. The molecule has 2 amide bonds. The number of nitrogens with zero attached hydrogens (tertiary/aromatic N) is 5. The van der Waals surface area contributed by atoms with Gasteiger partial charge < -0.3 is 20.4 Å². The number of likely N-dealkylation sites (tertiary alicyclic amines) is 2. The molecule has 0 spiro atoms. The molecule has 0 saturated carbocycles. The number of aromatic nitrogens is 2. The molecule has 41 heavy (non-hydrogen) atoms. The number of carbonyl (C=O) groups is 2. The first-order valence-corrected chi connectivity index (χ1v) is 13.5. The second-order valence-corrected chi connectivity index (χ2v) is 10.6. The molecule has 2 aliphatic rings. The van der Waals surface area contributed by atoms with Crippen LogP contribution in [-0.2, 0) is 4.79 Å². The molecular weight excluding hydrogens is 528 g/mol. The molecular formula is C30H31F2N7O2. The van der Waals surface area contributed by atoms with Crippen LogP contribution < -0.4 is 10.6 Å². The van der Waals surface area contributed by atoms with Crippen LogP contribution in [0.15, 0.2) is 48.8 Å². The van der Waals surface area contributed by atoms with Crippen molar-refractivity contribution in [1.29, 1.82) is 5.26 Å². The van der Waals surface area contributed by atoms with E-state index in [1.807, 2.05) is 36.4 Å². The fraction of sp³-hybridized carbons (Fsp3) is 0.367. The van der Waals surface area contributed by atoms with Crippen molar-refractivity contribution < 1.29 is 18.4 Å². The first kappa shape index (κ1) is 28.1. The van der Waals surface area contributed by atoms with Crippen molar-refractivity contribution in [2.24, 2.45) is 0 Å². The second-order valence-electron chi connectivity index (χ2n) is 10.6. The first-order chi connectivity index (χ1) is 19.7. The van der Waals surface area contributed by atoms with E-state index >= 15 is 0 Å². The summed E-state index contributed by atoms with van der Waals surface area (Å²) >= 11 is 0. The third kappa shape index (κ3) is 6.84. The summed E-state index contributed by atoms with van der Waals surface area (Å²) in [7, 11) is 2.13. The summed E-state index contributed by atoms with van der Waals surface area (Å²) < 4.78 is 27.4. The summed E-state index contributed by atoms with van der Waals surface area (Å²) in [6, 6.07) is 12.0. The zero-order valence-corrected chi connectivity index (χ0v) is 22.7. The quantitative estimate of drug-likeness (QED) is 0.453. The third-order valence-electron chi connectivity index (χ3n) is 7.47. The van der Waals surface area contributed by atoms with Gasteiger partial charge in [0.05, 0.1) is 30.2 Å². The fourth-order valence-electron chi connectivity index (χ4n) is 5.16. The Hall–Kier alpha value is -4.43. The van der Waals surface area contributed by atoms with Crippen LogP contribution in [0.2, 0.25) is 0 Å². The lowest BCUT2D eigenvalue weighted by Gasteiger charge is -2.29. The van der Waals surface area contributed by atoms with Crippen LogP contribution in [0, 0.1) is 11.3 Å². The van der Waals surface area contributed by atoms with Gasteiger partial charge in [-0.05, 0) is 74.4 Å². The lowest BCUT2D eigenvalue weighted by atomic mass is 10.0. The average Bonchev–Trinajstić information content (AvgIpc) is 3.30. The fourth-order valence-corrected chi connectivity index (χ4v) is 5.16. The number of halogens is 2. The summed E-state index contributed by atoms with van der Waals surface area (Å²) in [5, 5.41) is 15.7. The first-order valence-electron chi connectivity index (χ1n) is 13.5. The number of anilines is 1. The number of fused-ring (bicyclic) bond motifs is 1. The van der Waals surface area contributed by atoms with Crippen LogP contribution in [-0.4, -0.2) is 82.8 Å². The van der Waals surface area contributed by atoms with Gasteiger partial charge in [0, 0.05) is 30.2 Å². The molecule has 0 aliphatic carbocycles. The van der Waals surface area contributed by atoms with Gasteiger partial charge >= 0.3 is 0 Å². The normalized spacial score (nSPS) is 19.4. The maximum Gasteiger partial charge on any atom is 0.268 e. The Bertz CT molecular complexity index is 1490. The van der Waals surface area contributed by atoms with Gasteiger partial charge in [-0.3, -0.25) is 14.6 Å². The van der Waals surface area contributed by atoms with Crippen molar-refractivity contribution in [2.75, 3.05) is 38.5 Å². The minimum Gasteiger partial charge on any atom is -0.367 e. The molecule has 0 bridgehead atoms. The molecule has 0 radical (unpaired) electrons. The van der Waals surface area contributed by atoms with Crippen molar-refractivity contribution in [3.05, 3.63) is 65.5 Å². The number of nitriles is 1. The number of rotatable bonds is 7. The van der Waals surface area contributed by atoms with E-state index in [0.717, 1.165) is 47.8 Å². The average molecular weight is 560 g/mol. The maximum atomic E-state index is 13.7. The molecule has 2 aromatic heterocycles. The van der Waals surface area contributed by atoms with Crippen molar-refractivity contribution in [2.45, 2.75) is 37.3 Å². The molecule has 2 saturated heterocycles. The van der Waals surface area contributed by atoms with Crippen molar-refractivity contribution in [3.8, 4) is 6.07 Å². The SMILES string of the molecule is CN1CCC(Nc2ccc(/C=C/c3ccc4nccc(C(=O)NCC(=O)N5CC(F)(F)C[C@H]5C#N)c4c3)cn2)CC1. The zero-order valence-electron chi connectivity index (χ0n) is 22.7. The van der Waals surface area contributed by atoms with Gasteiger partial charge in [-0.25, -0.2) is 13.8 Å². The molecule has 2 N–H and O–H groups in total. The summed E-state index contributed by atoms with van der Waals surface area (Å²) in [6.45, 7) is 0.821. The zero-order chi connectivity index (χ0) is 29.0. The van der Waals surface area contributed by atoms with Crippen LogP contribution in [0.1, 0.15) is 40.7 Å². The highest BCUT2D eigenvalue weighted by Crippen LogP contribution is 2.31. The minimum atomic E-state index is -3.12. The molecule has 0 unspecified atom stereocenters. The van der Waals surface area contributed by atoms with E-state index in [2.05, 4.69) is 32.5 Å². The number of nitrogens with one attached hydrogen (secondary N) is 2. The standard InChI is InChI=1S/C30H31F2N7O2/c1-38-12-9-22(10-13-38)37-27-7-5-21(17-35-27)3-2-20-4-6-26-25(14-20)24(8-11-34-26)29(41)36-18-28(40)39-19-30(31,32)15-23(39)16-33/h2-8,11,14,17,22-23H,9-10,12-13,15,18-19H2,1H3,(H,35,37)(H,36,41)/b3-2+/t23-/m0/s1. The molecule has 4 heterocycles. The minimum absolute atomic E-state index is 0.299. The maximum absolute atomic E-state index is 13.7. The number of benzene rings is 1. The molecule has 11 heteroatoms. The summed E-state index contributed by atoms with van der Waals surface area (Å²) in [6.07, 6.45) is 8.61. The van der Waals surface area contributed by atoms with Crippen LogP contribution in [0.3, 0.4) is 0 Å². The van der Waals surface area contributed by atoms with Crippen LogP contribution in [0.5, 0.6) is 0 Å². The lowest BCUT2D eigenvalue weighted by Crippen LogP contribution is -2.43. The molecule has 1 atom stereocenters. The Kier molecular flexibility index (Phi) is 8.21. The van der Waals surface area contributed by atoms with Gasteiger partial charge in [0.15, 0.2) is 0 Å². The van der Waals surface area contributed by atoms with Gasteiger partial charge in [0.1, 0.15) is 11.9 Å². The second kappa shape index (κ2) is 12.0. The molecule has 5 rings (SSSR count). The van der Waals surface area contributed by atoms with Gasteiger partial charge in [0.25, 0.3) is 11.8 Å². The van der Waals surface area contributed by atoms with E-state index < -0.39 is 43.3 Å². The molecule has 1 aromatic carbocycles. The van der Waals surface area contributed by atoms with Gasteiger partial charge in [-0.1, -0.05) is 18.2 Å². The molecule has 2 fully saturated rings. The largest absolute Gasteiger partial charge is 0.367 e. The molecule has 212 valence electrons. The lowest BCUT2D eigenvalue weighted by molar-refractivity contribution is -0.131. The predicted molar refractivity (Wildman–Crippen MR) is 152 cm³/mol. The van der Waals surface area contributed by atoms with E-state index in [4.69, 9.17) is 5.26 Å². The Morgan fingerprint density at radius 3 is 2.61 bits per heavy atom. The molecule has 3 aromatic rings. The third-order valence-corrected chi connectivity index (χ3v) is 7.47.